The molecular formula is C9H16. The van der Waals surface area contributed by atoms with E-state index in [1.165, 1.54) is 0 Å². The Hall–Kier alpha value is -0.520. The van der Waals surface area contributed by atoms with Gasteiger partial charge in [-0.2, -0.15) is 0 Å². The third-order valence-corrected chi connectivity index (χ3v) is 1.19. The van der Waals surface area contributed by atoms with Crippen molar-refractivity contribution in [2.24, 2.45) is 5.41 Å². The molecule has 0 aromatic carbocycles. The number of hydrogen-bond donors (Lipinski definition) is 0. The molecule has 0 aromatic heterocycles. The average Bonchev–Trinajstić information content (AvgIpc) is 1.64. The van der Waals surface area contributed by atoms with Crippen LogP contribution < -0.4 is 0 Å². The number of rotatable bonds is 2. The summed E-state index contributed by atoms with van der Waals surface area (Å²) in [6.07, 6.45) is 8.54. The van der Waals surface area contributed by atoms with Crippen LogP contribution in [0.3, 0.4) is 0 Å². The second kappa shape index (κ2) is 3.49. The molecule has 0 spiro atoms. The zero-order valence-corrected chi connectivity index (χ0v) is 6.81. The van der Waals surface area contributed by atoms with Gasteiger partial charge in [0.1, 0.15) is 0 Å². The summed E-state index contributed by atoms with van der Waals surface area (Å²) in [6, 6.07) is 0. The molecule has 0 saturated heterocycles. The Morgan fingerprint density at radius 1 is 0.889 bits per heavy atom. The molecule has 0 nitrogen and oxygen atoms in total. The fraction of sp³-hybridized carbons (Fsp3) is 0.556. The van der Waals surface area contributed by atoms with Gasteiger partial charge in [-0.15, -0.1) is 0 Å². The minimum atomic E-state index is 0.240. The van der Waals surface area contributed by atoms with Crippen molar-refractivity contribution in [1.29, 1.82) is 0 Å². The summed E-state index contributed by atoms with van der Waals surface area (Å²) in [5.41, 5.74) is 0.240. The molecular weight excluding hydrogens is 108 g/mol. The van der Waals surface area contributed by atoms with Crippen LogP contribution in [-0.4, -0.2) is 0 Å². The van der Waals surface area contributed by atoms with E-state index < -0.39 is 0 Å². The van der Waals surface area contributed by atoms with Crippen LogP contribution in [0.2, 0.25) is 0 Å². The van der Waals surface area contributed by atoms with Crippen LogP contribution in [0.15, 0.2) is 24.3 Å². The van der Waals surface area contributed by atoms with Crippen molar-refractivity contribution in [1.82, 2.24) is 0 Å². The summed E-state index contributed by atoms with van der Waals surface area (Å²) in [4.78, 5) is 0. The van der Waals surface area contributed by atoms with Gasteiger partial charge in [0.15, 0.2) is 0 Å². The summed E-state index contributed by atoms with van der Waals surface area (Å²) < 4.78 is 0. The van der Waals surface area contributed by atoms with Crippen molar-refractivity contribution >= 4 is 0 Å². The SMILES string of the molecule is C/C=C\C(C)(C)/C=C\C. The molecule has 0 aromatic rings. The average molecular weight is 124 g/mol. The van der Waals surface area contributed by atoms with Crippen LogP contribution in [0, 0.1) is 5.41 Å². The van der Waals surface area contributed by atoms with E-state index in [4.69, 9.17) is 0 Å². The van der Waals surface area contributed by atoms with E-state index in [1.807, 2.05) is 13.8 Å². The van der Waals surface area contributed by atoms with E-state index in [2.05, 4.69) is 38.2 Å². The van der Waals surface area contributed by atoms with Gasteiger partial charge in [-0.1, -0.05) is 38.2 Å². The lowest BCUT2D eigenvalue weighted by Gasteiger charge is -2.12. The number of allylic oxidation sites excluding steroid dienone is 4. The van der Waals surface area contributed by atoms with Crippen molar-refractivity contribution in [2.45, 2.75) is 27.7 Å². The van der Waals surface area contributed by atoms with Gasteiger partial charge in [0.05, 0.1) is 0 Å². The Balaban J connectivity index is 4.01. The normalized spacial score (nSPS) is 13.8. The van der Waals surface area contributed by atoms with Crippen molar-refractivity contribution in [3.8, 4) is 0 Å². The highest BCUT2D eigenvalue weighted by molar-refractivity contribution is 5.05. The first kappa shape index (κ1) is 8.48. The Bertz CT molecular complexity index is 102. The van der Waals surface area contributed by atoms with E-state index >= 15 is 0 Å². The van der Waals surface area contributed by atoms with Gasteiger partial charge < -0.3 is 0 Å². The first-order valence-electron chi connectivity index (χ1n) is 3.40. The summed E-state index contributed by atoms with van der Waals surface area (Å²) in [6.45, 7) is 8.47. The quantitative estimate of drug-likeness (QED) is 0.496. The van der Waals surface area contributed by atoms with Crippen LogP contribution in [0.1, 0.15) is 27.7 Å². The third kappa shape index (κ3) is 4.01. The first-order chi connectivity index (χ1) is 4.12. The lowest BCUT2D eigenvalue weighted by molar-refractivity contribution is 0.624. The van der Waals surface area contributed by atoms with Crippen LogP contribution in [0.5, 0.6) is 0 Å². The highest BCUT2D eigenvalue weighted by Crippen LogP contribution is 2.17. The molecule has 0 amide bonds. The third-order valence-electron chi connectivity index (χ3n) is 1.19. The van der Waals surface area contributed by atoms with Gasteiger partial charge in [0, 0.05) is 5.41 Å². The molecule has 0 atom stereocenters. The fourth-order valence-corrected chi connectivity index (χ4v) is 0.915. The van der Waals surface area contributed by atoms with Crippen LogP contribution >= 0.6 is 0 Å². The largest absolute Gasteiger partial charge is 0.0908 e. The molecule has 0 heteroatoms. The molecule has 0 fully saturated rings. The standard InChI is InChI=1S/C9H16/c1-5-7-9(3,4)8-6-2/h5-8H,1-4H3/b7-5-,8-6-. The van der Waals surface area contributed by atoms with Crippen LogP contribution in [0.4, 0.5) is 0 Å². The predicted molar refractivity (Wildman–Crippen MR) is 43.4 cm³/mol. The van der Waals surface area contributed by atoms with E-state index in [0.29, 0.717) is 0 Å². The smallest absolute Gasteiger partial charge is 0.000419 e. The monoisotopic (exact) mass is 124 g/mol. The van der Waals surface area contributed by atoms with Crippen molar-refractivity contribution in [3.05, 3.63) is 24.3 Å². The maximum Gasteiger partial charge on any atom is 0.000419 e. The molecule has 0 radical (unpaired) electrons. The van der Waals surface area contributed by atoms with E-state index in [1.54, 1.807) is 0 Å². The Morgan fingerprint density at radius 3 is 1.44 bits per heavy atom. The highest BCUT2D eigenvalue weighted by atomic mass is 14.1. The summed E-state index contributed by atoms with van der Waals surface area (Å²) in [5.74, 6) is 0. The minimum Gasteiger partial charge on any atom is -0.0908 e. The molecule has 0 aliphatic heterocycles. The molecule has 0 unspecified atom stereocenters. The van der Waals surface area contributed by atoms with E-state index in [0.717, 1.165) is 0 Å². The molecule has 0 heterocycles. The lowest BCUT2D eigenvalue weighted by Crippen LogP contribution is -2.00. The molecule has 0 bridgehead atoms. The molecule has 0 saturated carbocycles. The van der Waals surface area contributed by atoms with E-state index in [9.17, 15) is 0 Å². The Labute approximate surface area is 58.3 Å². The van der Waals surface area contributed by atoms with E-state index in [-0.39, 0.29) is 5.41 Å². The first-order valence-corrected chi connectivity index (χ1v) is 3.40. The van der Waals surface area contributed by atoms with Gasteiger partial charge >= 0.3 is 0 Å². The topological polar surface area (TPSA) is 0 Å². The maximum atomic E-state index is 2.19. The Morgan fingerprint density at radius 2 is 1.22 bits per heavy atom. The van der Waals surface area contributed by atoms with Crippen molar-refractivity contribution in [2.75, 3.05) is 0 Å². The molecule has 0 rings (SSSR count). The van der Waals surface area contributed by atoms with Crippen LogP contribution in [-0.2, 0) is 0 Å². The summed E-state index contributed by atoms with van der Waals surface area (Å²) >= 11 is 0. The van der Waals surface area contributed by atoms with Crippen LogP contribution in [0.25, 0.3) is 0 Å². The lowest BCUT2D eigenvalue weighted by atomic mass is 9.93. The molecule has 0 N–H and O–H groups in total. The molecule has 0 aliphatic rings. The maximum absolute atomic E-state index is 2.19. The predicted octanol–water partition coefficient (Wildman–Crippen LogP) is 3.16. The fourth-order valence-electron chi connectivity index (χ4n) is 0.915. The zero-order valence-electron chi connectivity index (χ0n) is 6.81. The molecule has 0 aliphatic carbocycles. The van der Waals surface area contributed by atoms with Crippen molar-refractivity contribution < 1.29 is 0 Å². The second-order valence-corrected chi connectivity index (χ2v) is 2.82. The minimum absolute atomic E-state index is 0.240. The van der Waals surface area contributed by atoms with Crippen molar-refractivity contribution in [3.63, 3.8) is 0 Å². The van der Waals surface area contributed by atoms with Gasteiger partial charge in [0.25, 0.3) is 0 Å². The Kier molecular flexibility index (Phi) is 3.29. The highest BCUT2D eigenvalue weighted by Gasteiger charge is 2.05. The van der Waals surface area contributed by atoms with Gasteiger partial charge in [-0.05, 0) is 13.8 Å². The molecule has 52 valence electrons. The van der Waals surface area contributed by atoms with Gasteiger partial charge in [-0.3, -0.25) is 0 Å². The van der Waals surface area contributed by atoms with Gasteiger partial charge in [0.2, 0.25) is 0 Å². The van der Waals surface area contributed by atoms with Gasteiger partial charge in [-0.25, -0.2) is 0 Å². The summed E-state index contributed by atoms with van der Waals surface area (Å²) in [5, 5.41) is 0. The number of hydrogen-bond acceptors (Lipinski definition) is 0. The second-order valence-electron chi connectivity index (χ2n) is 2.82. The molecule has 9 heavy (non-hydrogen) atoms. The zero-order chi connectivity index (χ0) is 7.33. The summed E-state index contributed by atoms with van der Waals surface area (Å²) in [7, 11) is 0.